The van der Waals surface area contributed by atoms with Gasteiger partial charge in [0.25, 0.3) is 11.5 Å². The Morgan fingerprint density at radius 2 is 1.95 bits per heavy atom. The number of hydrogen-bond acceptors (Lipinski definition) is 7. The summed E-state index contributed by atoms with van der Waals surface area (Å²) in [6.07, 6.45) is 1.25. The Morgan fingerprint density at radius 3 is 2.64 bits per heavy atom. The van der Waals surface area contributed by atoms with Crippen LogP contribution in [-0.2, 0) is 27.7 Å². The third-order valence-corrected chi connectivity index (χ3v) is 6.39. The molecule has 204 valence electrons. The summed E-state index contributed by atoms with van der Waals surface area (Å²) in [4.78, 5) is 43.4. The summed E-state index contributed by atoms with van der Waals surface area (Å²) in [6.45, 7) is 6.17. The standard InChI is InChI=1S/C29H33N5O5/c1-29(2,3)39-28(37)34-12-5-13-38-25(18-34)27(36)32-22(16-30)14-19-6-8-20(9-7-19)21-15-24-23(31-17-21)10-11-26(35)33(24)4/h6-11,15,17,22,25H,5,12-14,18H2,1-4H3,(H,32,36)/t22-,25-/m0/s1. The van der Waals surface area contributed by atoms with Crippen LogP contribution in [0.15, 0.2) is 53.5 Å². The van der Waals surface area contributed by atoms with Gasteiger partial charge in [0, 0.05) is 44.4 Å². The number of fused-ring (bicyclic) bond motifs is 1. The van der Waals surface area contributed by atoms with E-state index in [9.17, 15) is 19.6 Å². The molecule has 1 N–H and O–H groups in total. The van der Waals surface area contributed by atoms with Crippen LogP contribution in [0.2, 0.25) is 0 Å². The fraction of sp³-hybridized carbons (Fsp3) is 0.414. The molecule has 1 fully saturated rings. The zero-order valence-electron chi connectivity index (χ0n) is 22.6. The fourth-order valence-electron chi connectivity index (χ4n) is 4.34. The Bertz CT molecular complexity index is 1450. The average Bonchev–Trinajstić information content (AvgIpc) is 3.17. The van der Waals surface area contributed by atoms with Gasteiger partial charge in [-0.15, -0.1) is 0 Å². The lowest BCUT2D eigenvalue weighted by atomic mass is 10.0. The van der Waals surface area contributed by atoms with E-state index in [0.29, 0.717) is 26.0 Å². The SMILES string of the molecule is Cn1c(=O)ccc2ncc(-c3ccc(C[C@@H](C#N)NC(=O)[C@@H]4CN(C(=O)OC(C)(C)C)CCCO4)cc3)cc21. The van der Waals surface area contributed by atoms with Gasteiger partial charge in [-0.1, -0.05) is 24.3 Å². The second-order valence-corrected chi connectivity index (χ2v) is 10.6. The van der Waals surface area contributed by atoms with E-state index in [1.165, 1.54) is 11.0 Å². The molecule has 0 spiro atoms. The van der Waals surface area contributed by atoms with Gasteiger partial charge in [0.2, 0.25) is 0 Å². The van der Waals surface area contributed by atoms with Crippen molar-refractivity contribution in [2.75, 3.05) is 19.7 Å². The summed E-state index contributed by atoms with van der Waals surface area (Å²) >= 11 is 0. The summed E-state index contributed by atoms with van der Waals surface area (Å²) in [5.74, 6) is -0.443. The molecule has 2 aromatic heterocycles. The number of nitriles is 1. The largest absolute Gasteiger partial charge is 0.444 e. The number of nitrogens with one attached hydrogen (secondary N) is 1. The number of aromatic nitrogens is 2. The van der Waals surface area contributed by atoms with E-state index < -0.39 is 29.7 Å². The van der Waals surface area contributed by atoms with Crippen LogP contribution >= 0.6 is 0 Å². The Hall–Kier alpha value is -4.23. The molecular weight excluding hydrogens is 498 g/mol. The van der Waals surface area contributed by atoms with Gasteiger partial charge in [-0.05, 0) is 50.5 Å². The van der Waals surface area contributed by atoms with Gasteiger partial charge in [0.05, 0.1) is 23.6 Å². The second-order valence-electron chi connectivity index (χ2n) is 10.6. The van der Waals surface area contributed by atoms with Gasteiger partial charge in [-0.2, -0.15) is 5.26 Å². The monoisotopic (exact) mass is 531 g/mol. The first-order chi connectivity index (χ1) is 18.5. The highest BCUT2D eigenvalue weighted by Crippen LogP contribution is 2.23. The fourth-order valence-corrected chi connectivity index (χ4v) is 4.34. The van der Waals surface area contributed by atoms with Gasteiger partial charge >= 0.3 is 6.09 Å². The molecular formula is C29H33N5O5. The Labute approximate surface area is 227 Å². The van der Waals surface area contributed by atoms with Crippen LogP contribution in [0.3, 0.4) is 0 Å². The minimum Gasteiger partial charge on any atom is -0.444 e. The van der Waals surface area contributed by atoms with Crippen LogP contribution in [0.25, 0.3) is 22.2 Å². The van der Waals surface area contributed by atoms with E-state index in [2.05, 4.69) is 16.4 Å². The molecule has 0 saturated carbocycles. The summed E-state index contributed by atoms with van der Waals surface area (Å²) in [6, 6.07) is 14.1. The molecule has 1 aliphatic heterocycles. The van der Waals surface area contributed by atoms with Crippen molar-refractivity contribution in [3.8, 4) is 17.2 Å². The van der Waals surface area contributed by atoms with Crippen LogP contribution in [0.5, 0.6) is 0 Å². The lowest BCUT2D eigenvalue weighted by Gasteiger charge is -2.27. The number of ether oxygens (including phenoxy) is 2. The van der Waals surface area contributed by atoms with Crippen molar-refractivity contribution in [3.63, 3.8) is 0 Å². The highest BCUT2D eigenvalue weighted by atomic mass is 16.6. The maximum absolute atomic E-state index is 13.0. The van der Waals surface area contributed by atoms with Crippen LogP contribution in [-0.4, -0.2) is 63.9 Å². The Balaban J connectivity index is 1.40. The summed E-state index contributed by atoms with van der Waals surface area (Å²) in [5, 5.41) is 12.5. The molecule has 2 amide bonds. The number of pyridine rings is 2. The van der Waals surface area contributed by atoms with E-state index in [1.54, 1.807) is 44.6 Å². The first-order valence-corrected chi connectivity index (χ1v) is 12.9. The zero-order chi connectivity index (χ0) is 28.2. The van der Waals surface area contributed by atoms with Crippen molar-refractivity contribution >= 4 is 23.0 Å². The van der Waals surface area contributed by atoms with Crippen LogP contribution in [0, 0.1) is 11.3 Å². The number of carbonyl (C=O) groups is 2. The predicted molar refractivity (Wildman–Crippen MR) is 146 cm³/mol. The maximum atomic E-state index is 13.0. The Morgan fingerprint density at radius 1 is 1.21 bits per heavy atom. The third kappa shape index (κ3) is 7.00. The van der Waals surface area contributed by atoms with E-state index >= 15 is 0 Å². The molecule has 1 aliphatic rings. The van der Waals surface area contributed by atoms with Gasteiger partial charge in [-0.25, -0.2) is 4.79 Å². The minimum absolute atomic E-state index is 0.0545. The van der Waals surface area contributed by atoms with E-state index in [1.807, 2.05) is 30.3 Å². The molecule has 0 bridgehead atoms. The number of amides is 2. The smallest absolute Gasteiger partial charge is 0.410 e. The van der Waals surface area contributed by atoms with Crippen LogP contribution in [0.1, 0.15) is 32.8 Å². The lowest BCUT2D eigenvalue weighted by Crippen LogP contribution is -2.48. The third-order valence-electron chi connectivity index (χ3n) is 6.39. The van der Waals surface area contributed by atoms with E-state index in [4.69, 9.17) is 9.47 Å². The second kappa shape index (κ2) is 11.7. The van der Waals surface area contributed by atoms with Gasteiger partial charge < -0.3 is 24.3 Å². The molecule has 0 unspecified atom stereocenters. The summed E-state index contributed by atoms with van der Waals surface area (Å²) in [7, 11) is 1.71. The summed E-state index contributed by atoms with van der Waals surface area (Å²) < 4.78 is 12.7. The highest BCUT2D eigenvalue weighted by molar-refractivity contribution is 5.83. The molecule has 3 heterocycles. The molecule has 39 heavy (non-hydrogen) atoms. The predicted octanol–water partition coefficient (Wildman–Crippen LogP) is 3.18. The maximum Gasteiger partial charge on any atom is 0.410 e. The van der Waals surface area contributed by atoms with Gasteiger partial charge in [-0.3, -0.25) is 14.6 Å². The molecule has 4 rings (SSSR count). The zero-order valence-corrected chi connectivity index (χ0v) is 22.6. The number of carbonyl (C=O) groups excluding carboxylic acids is 2. The molecule has 10 nitrogen and oxygen atoms in total. The molecule has 1 saturated heterocycles. The molecule has 1 aromatic carbocycles. The van der Waals surface area contributed by atoms with Crippen molar-refractivity contribution < 1.29 is 19.1 Å². The van der Waals surface area contributed by atoms with Crippen molar-refractivity contribution in [1.29, 1.82) is 5.26 Å². The lowest BCUT2D eigenvalue weighted by molar-refractivity contribution is -0.133. The van der Waals surface area contributed by atoms with Gasteiger partial charge in [0.15, 0.2) is 6.10 Å². The van der Waals surface area contributed by atoms with E-state index in [0.717, 1.165) is 27.7 Å². The molecule has 0 aliphatic carbocycles. The van der Waals surface area contributed by atoms with Crippen molar-refractivity contribution in [2.45, 2.75) is 51.4 Å². The van der Waals surface area contributed by atoms with E-state index in [-0.39, 0.29) is 12.1 Å². The molecule has 10 heteroatoms. The topological polar surface area (TPSA) is 127 Å². The van der Waals surface area contributed by atoms with Crippen LogP contribution < -0.4 is 10.9 Å². The number of hydrogen-bond donors (Lipinski definition) is 1. The molecule has 3 aromatic rings. The highest BCUT2D eigenvalue weighted by Gasteiger charge is 2.31. The van der Waals surface area contributed by atoms with Crippen molar-refractivity contribution in [1.82, 2.24) is 19.8 Å². The first kappa shape index (κ1) is 27.8. The molecule has 2 atom stereocenters. The minimum atomic E-state index is -0.894. The van der Waals surface area contributed by atoms with Crippen molar-refractivity contribution in [2.24, 2.45) is 7.05 Å². The van der Waals surface area contributed by atoms with Gasteiger partial charge in [0.1, 0.15) is 11.6 Å². The quantitative estimate of drug-likeness (QED) is 0.536. The number of rotatable bonds is 5. The average molecular weight is 532 g/mol. The summed E-state index contributed by atoms with van der Waals surface area (Å²) in [5.41, 5.74) is 3.36. The van der Waals surface area contributed by atoms with Crippen molar-refractivity contribution in [3.05, 3.63) is 64.6 Å². The number of nitrogens with zero attached hydrogens (tertiary/aromatic N) is 4. The Kier molecular flexibility index (Phi) is 8.31. The molecule has 0 radical (unpaired) electrons. The first-order valence-electron chi connectivity index (χ1n) is 12.9. The van der Waals surface area contributed by atoms with Crippen LogP contribution in [0.4, 0.5) is 4.79 Å². The number of benzene rings is 1. The number of aryl methyl sites for hydroxylation is 1. The normalized spacial score (nSPS) is 16.7.